The second-order valence-corrected chi connectivity index (χ2v) is 10.3. The summed E-state index contributed by atoms with van der Waals surface area (Å²) in [5.74, 6) is 1.19. The number of pyridine rings is 1. The van der Waals surface area contributed by atoms with Crippen molar-refractivity contribution in [3.63, 3.8) is 0 Å². The van der Waals surface area contributed by atoms with Gasteiger partial charge in [0, 0.05) is 64.1 Å². The van der Waals surface area contributed by atoms with Crippen LogP contribution in [0.1, 0.15) is 31.2 Å². The van der Waals surface area contributed by atoms with Gasteiger partial charge in [-0.25, -0.2) is 13.1 Å². The Balaban J connectivity index is 1.11. The van der Waals surface area contributed by atoms with Gasteiger partial charge in [0.15, 0.2) is 11.5 Å². The Morgan fingerprint density at radius 3 is 2.56 bits per heavy atom. The summed E-state index contributed by atoms with van der Waals surface area (Å²) in [7, 11) is -3.61. The minimum absolute atomic E-state index is 0.162. The lowest BCUT2D eigenvalue weighted by molar-refractivity contribution is -0.133. The second kappa shape index (κ2) is 11.6. The van der Waals surface area contributed by atoms with Gasteiger partial charge in [-0.1, -0.05) is 12.5 Å². The van der Waals surface area contributed by atoms with Crippen LogP contribution in [0.4, 0.5) is 0 Å². The quantitative estimate of drug-likeness (QED) is 0.511. The Hall–Kier alpha value is -2.69. The second-order valence-electron chi connectivity index (χ2n) is 8.53. The number of unbranched alkanes of at least 4 members (excludes halogenated alkanes) is 2. The molecule has 1 aromatic heterocycles. The zero-order chi connectivity index (χ0) is 23.8. The van der Waals surface area contributed by atoms with E-state index in [1.54, 1.807) is 12.3 Å². The highest BCUT2D eigenvalue weighted by Gasteiger charge is 2.21. The van der Waals surface area contributed by atoms with E-state index >= 15 is 0 Å². The van der Waals surface area contributed by atoms with Crippen LogP contribution in [0.5, 0.6) is 11.5 Å². The number of hydrogen-bond acceptors (Lipinski definition) is 7. The first-order valence-corrected chi connectivity index (χ1v) is 13.3. The van der Waals surface area contributed by atoms with E-state index in [1.807, 2.05) is 17.2 Å². The van der Waals surface area contributed by atoms with Gasteiger partial charge in [-0.2, -0.15) is 0 Å². The van der Waals surface area contributed by atoms with Crippen LogP contribution < -0.4 is 14.2 Å². The largest absolute Gasteiger partial charge is 0.486 e. The molecule has 2 aliphatic heterocycles. The van der Waals surface area contributed by atoms with Crippen LogP contribution in [0.25, 0.3) is 0 Å². The van der Waals surface area contributed by atoms with Gasteiger partial charge >= 0.3 is 0 Å². The number of hydrogen-bond donors (Lipinski definition) is 1. The summed E-state index contributed by atoms with van der Waals surface area (Å²) in [5, 5.41) is 0. The third-order valence-electron chi connectivity index (χ3n) is 6.04. The van der Waals surface area contributed by atoms with Gasteiger partial charge in [0.05, 0.1) is 4.90 Å². The number of amides is 1. The number of ether oxygens (including phenoxy) is 2. The number of aromatic nitrogens is 1. The Labute approximate surface area is 201 Å². The van der Waals surface area contributed by atoms with Crippen molar-refractivity contribution in [3.05, 3.63) is 48.3 Å². The predicted molar refractivity (Wildman–Crippen MR) is 127 cm³/mol. The Morgan fingerprint density at radius 1 is 1.00 bits per heavy atom. The first-order valence-electron chi connectivity index (χ1n) is 11.8. The average Bonchev–Trinajstić information content (AvgIpc) is 2.86. The fourth-order valence-electron chi connectivity index (χ4n) is 4.12. The molecular weight excluding hydrogens is 456 g/mol. The fourth-order valence-corrected chi connectivity index (χ4v) is 5.21. The molecule has 1 fully saturated rings. The topological polar surface area (TPSA) is 101 Å². The summed E-state index contributed by atoms with van der Waals surface area (Å²) in [6, 6.07) is 8.64. The maximum absolute atomic E-state index is 12.5. The molecule has 0 aliphatic carbocycles. The highest BCUT2D eigenvalue weighted by molar-refractivity contribution is 7.89. The van der Waals surface area contributed by atoms with E-state index in [0.29, 0.717) is 44.1 Å². The molecule has 4 rings (SSSR count). The molecule has 184 valence electrons. The van der Waals surface area contributed by atoms with Gasteiger partial charge in [-0.05, 0) is 36.6 Å². The monoisotopic (exact) mass is 488 g/mol. The van der Waals surface area contributed by atoms with E-state index < -0.39 is 10.0 Å². The molecule has 1 aromatic carbocycles. The lowest BCUT2D eigenvalue weighted by atomic mass is 10.1. The van der Waals surface area contributed by atoms with E-state index in [4.69, 9.17) is 9.47 Å². The van der Waals surface area contributed by atoms with Crippen LogP contribution in [0.2, 0.25) is 0 Å². The minimum Gasteiger partial charge on any atom is -0.486 e. The maximum atomic E-state index is 12.5. The molecule has 2 aliphatic rings. The van der Waals surface area contributed by atoms with Crippen LogP contribution in [-0.2, 0) is 21.4 Å². The molecule has 0 radical (unpaired) electrons. The zero-order valence-corrected chi connectivity index (χ0v) is 20.1. The number of carbonyl (C=O) groups excluding carboxylic acids is 1. The van der Waals surface area contributed by atoms with Crippen molar-refractivity contribution in [3.8, 4) is 11.5 Å². The molecule has 9 nitrogen and oxygen atoms in total. The molecule has 0 spiro atoms. The number of piperazine rings is 1. The average molecular weight is 489 g/mol. The van der Waals surface area contributed by atoms with Gasteiger partial charge < -0.3 is 14.4 Å². The van der Waals surface area contributed by atoms with Gasteiger partial charge in [0.25, 0.3) is 0 Å². The van der Waals surface area contributed by atoms with Crippen molar-refractivity contribution >= 4 is 15.9 Å². The standard InChI is InChI=1S/C24H32N4O5S/c29-24(28-13-11-27(12-14-28)19-20-5-4-9-25-18-20)6-2-1-3-10-26-34(30,31)21-7-8-22-23(17-21)33-16-15-32-22/h4-5,7-9,17-18,26H,1-3,6,10-16,19H2. The highest BCUT2D eigenvalue weighted by atomic mass is 32.2. The van der Waals surface area contributed by atoms with Gasteiger partial charge in [0.2, 0.25) is 15.9 Å². The van der Waals surface area contributed by atoms with Gasteiger partial charge in [0.1, 0.15) is 13.2 Å². The normalized spacial score (nSPS) is 16.4. The number of sulfonamides is 1. The summed E-state index contributed by atoms with van der Waals surface area (Å²) < 4.78 is 38.6. The summed E-state index contributed by atoms with van der Waals surface area (Å²) in [6.07, 6.45) is 6.37. The van der Waals surface area contributed by atoms with Crippen molar-refractivity contribution in [1.29, 1.82) is 0 Å². The van der Waals surface area contributed by atoms with Crippen molar-refractivity contribution in [2.75, 3.05) is 45.9 Å². The summed E-state index contributed by atoms with van der Waals surface area (Å²) in [4.78, 5) is 21.1. The molecule has 10 heteroatoms. The molecule has 1 amide bonds. The fraction of sp³-hybridized carbons (Fsp3) is 0.500. The number of benzene rings is 1. The number of rotatable bonds is 10. The first kappa shape index (κ1) is 24.4. The molecule has 0 bridgehead atoms. The lowest BCUT2D eigenvalue weighted by Gasteiger charge is -2.34. The van der Waals surface area contributed by atoms with E-state index in [0.717, 1.165) is 45.6 Å². The van der Waals surface area contributed by atoms with Crippen molar-refractivity contribution in [2.24, 2.45) is 0 Å². The van der Waals surface area contributed by atoms with Crippen molar-refractivity contribution in [2.45, 2.75) is 37.1 Å². The third kappa shape index (κ3) is 6.68. The SMILES string of the molecule is O=C(CCCCCNS(=O)(=O)c1ccc2c(c1)OCCO2)N1CCN(Cc2cccnc2)CC1. The number of nitrogens with one attached hydrogen (secondary N) is 1. The van der Waals surface area contributed by atoms with Crippen LogP contribution >= 0.6 is 0 Å². The van der Waals surface area contributed by atoms with Crippen molar-refractivity contribution in [1.82, 2.24) is 19.5 Å². The Morgan fingerprint density at radius 2 is 1.79 bits per heavy atom. The van der Waals surface area contributed by atoms with E-state index in [1.165, 1.54) is 17.7 Å². The molecular formula is C24H32N4O5S. The molecule has 3 heterocycles. The molecule has 1 saturated heterocycles. The van der Waals surface area contributed by atoms with Crippen LogP contribution in [0.15, 0.2) is 47.6 Å². The molecule has 1 N–H and O–H groups in total. The van der Waals surface area contributed by atoms with Gasteiger partial charge in [-0.15, -0.1) is 0 Å². The number of fused-ring (bicyclic) bond motifs is 1. The van der Waals surface area contributed by atoms with Crippen LogP contribution in [0, 0.1) is 0 Å². The van der Waals surface area contributed by atoms with E-state index in [-0.39, 0.29) is 10.8 Å². The van der Waals surface area contributed by atoms with E-state index in [2.05, 4.69) is 20.7 Å². The summed E-state index contributed by atoms with van der Waals surface area (Å²) >= 11 is 0. The molecule has 34 heavy (non-hydrogen) atoms. The van der Waals surface area contributed by atoms with Crippen LogP contribution in [-0.4, -0.2) is 75.0 Å². The van der Waals surface area contributed by atoms with Crippen molar-refractivity contribution < 1.29 is 22.7 Å². The Bertz CT molecular complexity index is 1060. The van der Waals surface area contributed by atoms with Crippen LogP contribution in [0.3, 0.4) is 0 Å². The third-order valence-corrected chi connectivity index (χ3v) is 7.50. The molecule has 0 atom stereocenters. The predicted octanol–water partition coefficient (Wildman–Crippen LogP) is 2.04. The summed E-state index contributed by atoms with van der Waals surface area (Å²) in [6.45, 7) is 5.27. The number of nitrogens with zero attached hydrogens (tertiary/aromatic N) is 3. The molecule has 2 aromatic rings. The summed E-state index contributed by atoms with van der Waals surface area (Å²) in [5.41, 5.74) is 1.19. The number of carbonyl (C=O) groups is 1. The zero-order valence-electron chi connectivity index (χ0n) is 19.3. The lowest BCUT2D eigenvalue weighted by Crippen LogP contribution is -2.48. The van der Waals surface area contributed by atoms with E-state index in [9.17, 15) is 13.2 Å². The maximum Gasteiger partial charge on any atom is 0.240 e. The molecule has 0 unspecified atom stereocenters. The molecule has 0 saturated carbocycles. The highest BCUT2D eigenvalue weighted by Crippen LogP contribution is 2.32. The minimum atomic E-state index is -3.61. The Kier molecular flexibility index (Phi) is 8.36. The van der Waals surface area contributed by atoms with Gasteiger partial charge in [-0.3, -0.25) is 14.7 Å². The first-order chi connectivity index (χ1) is 16.5. The smallest absolute Gasteiger partial charge is 0.240 e.